The fourth-order valence-electron chi connectivity index (χ4n) is 0.358. The Hall–Kier alpha value is -0.170. The van der Waals surface area contributed by atoms with Crippen molar-refractivity contribution in [3.05, 3.63) is 0 Å². The maximum Gasteiger partial charge on any atom is 0.291 e. The van der Waals surface area contributed by atoms with Crippen LogP contribution < -0.4 is 6.15 Å². The van der Waals surface area contributed by atoms with Crippen LogP contribution in [0.2, 0.25) is 0 Å². The molecule has 0 fully saturated rings. The van der Waals surface area contributed by atoms with E-state index in [1.54, 1.807) is 6.92 Å². The third-order valence-corrected chi connectivity index (χ3v) is 1.68. The van der Waals surface area contributed by atoms with Gasteiger partial charge in [0, 0.05) is 7.11 Å². The molecule has 0 aliphatic carbocycles. The van der Waals surface area contributed by atoms with Gasteiger partial charge in [0.1, 0.15) is 0 Å². The van der Waals surface area contributed by atoms with E-state index in [1.807, 2.05) is 0 Å². The molecule has 3 N–H and O–H groups in total. The first-order chi connectivity index (χ1) is 4.12. The molecule has 0 unspecified atom stereocenters. The van der Waals surface area contributed by atoms with Crippen molar-refractivity contribution >= 4 is 10.1 Å². The molecule has 0 aliphatic heterocycles. The van der Waals surface area contributed by atoms with Crippen molar-refractivity contribution in [2.24, 2.45) is 0 Å². The molecule has 0 rings (SSSR count). The fraction of sp³-hybridized carbons (Fsp3) is 1.00. The Morgan fingerprint density at radius 1 is 1.40 bits per heavy atom. The van der Waals surface area contributed by atoms with Crippen molar-refractivity contribution in [3.8, 4) is 0 Å². The van der Waals surface area contributed by atoms with Crippen molar-refractivity contribution in [1.29, 1.82) is 0 Å². The average molecular weight is 171 g/mol. The van der Waals surface area contributed by atoms with E-state index in [1.165, 1.54) is 7.11 Å². The number of ether oxygens (including phenoxy) is 1. The van der Waals surface area contributed by atoms with Crippen molar-refractivity contribution in [3.63, 3.8) is 0 Å². The Bertz CT molecular complexity index is 141. The summed E-state index contributed by atoms with van der Waals surface area (Å²) in [6, 6.07) is 0. The molecule has 0 aromatic heterocycles. The van der Waals surface area contributed by atoms with Gasteiger partial charge in [-0.05, 0) is 6.92 Å². The fourth-order valence-corrected chi connectivity index (χ4v) is 1.07. The summed E-state index contributed by atoms with van der Waals surface area (Å²) >= 11 is 0. The number of methoxy groups -OCH3 is 1. The van der Waals surface area contributed by atoms with E-state index in [-0.39, 0.29) is 18.7 Å². The lowest BCUT2D eigenvalue weighted by Crippen LogP contribution is -2.11. The lowest BCUT2D eigenvalue weighted by Gasteiger charge is -1.99. The molecule has 0 aromatic carbocycles. The Morgan fingerprint density at radius 3 is 2.20 bits per heavy atom. The third-order valence-electron chi connectivity index (χ3n) is 0.560. The van der Waals surface area contributed by atoms with Crippen LogP contribution in [-0.2, 0) is 19.0 Å². The normalized spacial score (nSPS) is 10.6. The Balaban J connectivity index is 0. The molecule has 0 radical (unpaired) electrons. The minimum atomic E-state index is -3.40. The van der Waals surface area contributed by atoms with E-state index in [9.17, 15) is 8.42 Å². The Labute approximate surface area is 61.0 Å². The van der Waals surface area contributed by atoms with Gasteiger partial charge in [0.15, 0.2) is 5.94 Å². The highest BCUT2D eigenvalue weighted by atomic mass is 32.2. The topological polar surface area (TPSA) is 87.6 Å². The molecular formula is C4H13NO4S. The second-order valence-corrected chi connectivity index (χ2v) is 2.96. The van der Waals surface area contributed by atoms with Gasteiger partial charge in [-0.1, -0.05) is 0 Å². The van der Waals surface area contributed by atoms with Gasteiger partial charge in [-0.15, -0.1) is 0 Å². The summed E-state index contributed by atoms with van der Waals surface area (Å²) in [5.74, 6) is -0.374. The Morgan fingerprint density at radius 2 is 1.90 bits per heavy atom. The standard InChI is InChI=1S/C4H10O4S.H3N/c1-3-8-9(5,6)4-7-2;/h3-4H2,1-2H3;1H3. The molecule has 0 saturated heterocycles. The highest BCUT2D eigenvalue weighted by Crippen LogP contribution is 1.90. The lowest BCUT2D eigenvalue weighted by atomic mass is 10.9. The Kier molecular flexibility index (Phi) is 7.00. The van der Waals surface area contributed by atoms with Crippen LogP contribution in [0.1, 0.15) is 6.92 Å². The SMILES string of the molecule is CCOS(=O)(=O)COC.N. The highest BCUT2D eigenvalue weighted by molar-refractivity contribution is 7.86. The highest BCUT2D eigenvalue weighted by Gasteiger charge is 2.06. The minimum Gasteiger partial charge on any atom is -0.366 e. The first-order valence-corrected chi connectivity index (χ1v) is 4.06. The van der Waals surface area contributed by atoms with Gasteiger partial charge >= 0.3 is 0 Å². The van der Waals surface area contributed by atoms with E-state index in [2.05, 4.69) is 8.92 Å². The lowest BCUT2D eigenvalue weighted by molar-refractivity contribution is 0.226. The molecule has 10 heavy (non-hydrogen) atoms. The van der Waals surface area contributed by atoms with Crippen molar-refractivity contribution < 1.29 is 17.3 Å². The van der Waals surface area contributed by atoms with Gasteiger partial charge in [-0.25, -0.2) is 0 Å². The first-order valence-electron chi connectivity index (χ1n) is 2.48. The quantitative estimate of drug-likeness (QED) is 0.607. The molecule has 0 bridgehead atoms. The van der Waals surface area contributed by atoms with Crippen LogP contribution in [0.3, 0.4) is 0 Å². The zero-order chi connectivity index (χ0) is 7.33. The largest absolute Gasteiger partial charge is 0.366 e. The van der Waals surface area contributed by atoms with Crippen LogP contribution in [0.4, 0.5) is 0 Å². The van der Waals surface area contributed by atoms with Crippen molar-refractivity contribution in [1.82, 2.24) is 6.15 Å². The predicted molar refractivity (Wildman–Crippen MR) is 37.4 cm³/mol. The smallest absolute Gasteiger partial charge is 0.291 e. The second kappa shape index (κ2) is 5.60. The predicted octanol–water partition coefficient (Wildman–Crippen LogP) is 0.119. The van der Waals surface area contributed by atoms with Crippen molar-refractivity contribution in [2.45, 2.75) is 6.92 Å². The van der Waals surface area contributed by atoms with Crippen LogP contribution in [0.25, 0.3) is 0 Å². The molecule has 0 heterocycles. The van der Waals surface area contributed by atoms with E-state index >= 15 is 0 Å². The number of hydrogen-bond acceptors (Lipinski definition) is 5. The van der Waals surface area contributed by atoms with Gasteiger partial charge in [-0.2, -0.15) is 8.42 Å². The molecule has 64 valence electrons. The van der Waals surface area contributed by atoms with Gasteiger partial charge < -0.3 is 10.9 Å². The summed E-state index contributed by atoms with van der Waals surface area (Å²) in [5.41, 5.74) is 0. The maximum absolute atomic E-state index is 10.5. The minimum absolute atomic E-state index is 0. The zero-order valence-corrected chi connectivity index (χ0v) is 6.98. The van der Waals surface area contributed by atoms with E-state index in [0.29, 0.717) is 0 Å². The van der Waals surface area contributed by atoms with E-state index in [4.69, 9.17) is 0 Å². The van der Waals surface area contributed by atoms with Gasteiger partial charge in [-0.3, -0.25) is 4.18 Å². The monoisotopic (exact) mass is 171 g/mol. The summed E-state index contributed by atoms with van der Waals surface area (Å²) in [6.45, 7) is 1.76. The van der Waals surface area contributed by atoms with Crippen LogP contribution in [-0.4, -0.2) is 28.1 Å². The summed E-state index contributed by atoms with van der Waals surface area (Å²) in [6.07, 6.45) is 0. The van der Waals surface area contributed by atoms with Crippen LogP contribution in [0.5, 0.6) is 0 Å². The van der Waals surface area contributed by atoms with Crippen LogP contribution in [0, 0.1) is 0 Å². The zero-order valence-electron chi connectivity index (χ0n) is 6.16. The van der Waals surface area contributed by atoms with Crippen LogP contribution in [0.15, 0.2) is 0 Å². The number of rotatable bonds is 4. The van der Waals surface area contributed by atoms with E-state index in [0.717, 1.165) is 0 Å². The molecule has 0 saturated carbocycles. The third kappa shape index (κ3) is 5.96. The van der Waals surface area contributed by atoms with E-state index < -0.39 is 10.1 Å². The summed E-state index contributed by atoms with van der Waals surface area (Å²) in [5, 5.41) is 0. The van der Waals surface area contributed by atoms with Gasteiger partial charge in [0.25, 0.3) is 10.1 Å². The van der Waals surface area contributed by atoms with Gasteiger partial charge in [0.2, 0.25) is 0 Å². The number of hydrogen-bond donors (Lipinski definition) is 1. The first kappa shape index (κ1) is 12.5. The molecule has 0 spiro atoms. The van der Waals surface area contributed by atoms with Gasteiger partial charge in [0.05, 0.1) is 6.61 Å². The molecule has 0 amide bonds. The molecular weight excluding hydrogens is 158 g/mol. The summed E-state index contributed by atoms with van der Waals surface area (Å²) in [4.78, 5) is 0. The summed E-state index contributed by atoms with van der Waals surface area (Å²) < 4.78 is 29.6. The molecule has 0 aliphatic rings. The second-order valence-electron chi connectivity index (χ2n) is 1.37. The van der Waals surface area contributed by atoms with Crippen molar-refractivity contribution in [2.75, 3.05) is 19.7 Å². The average Bonchev–Trinajstić information content (AvgIpc) is 1.64. The maximum atomic E-state index is 10.5. The molecule has 5 nitrogen and oxygen atoms in total. The van der Waals surface area contributed by atoms with Crippen LogP contribution >= 0.6 is 0 Å². The molecule has 0 atom stereocenters. The molecule has 6 heteroatoms. The summed E-state index contributed by atoms with van der Waals surface area (Å²) in [7, 11) is -2.10. The molecule has 0 aromatic rings.